The summed E-state index contributed by atoms with van der Waals surface area (Å²) in [5.41, 5.74) is 2.59. The van der Waals surface area contributed by atoms with Crippen LogP contribution in [0.15, 0.2) is 42.7 Å². The molecule has 1 saturated carbocycles. The predicted octanol–water partition coefficient (Wildman–Crippen LogP) is 2.79. The Kier molecular flexibility index (Phi) is 3.49. The zero-order chi connectivity index (χ0) is 14.1. The van der Waals surface area contributed by atoms with Gasteiger partial charge in [0, 0.05) is 31.4 Å². The average Bonchev–Trinajstić information content (AvgIpc) is 3.26. The third-order valence-electron chi connectivity index (χ3n) is 4.31. The molecular weight excluding hydrogens is 262 g/mol. The summed E-state index contributed by atoms with van der Waals surface area (Å²) in [5, 5.41) is 4.48. The van der Waals surface area contributed by atoms with E-state index in [2.05, 4.69) is 51.2 Å². The Hall–Kier alpha value is -1.65. The number of nitrogens with zero attached hydrogens (tertiary/aromatic N) is 3. The predicted molar refractivity (Wildman–Crippen MR) is 80.9 cm³/mol. The van der Waals surface area contributed by atoms with Crippen LogP contribution in [0.4, 0.5) is 0 Å². The van der Waals surface area contributed by atoms with Gasteiger partial charge in [-0.1, -0.05) is 30.3 Å². The molecule has 1 aliphatic carbocycles. The van der Waals surface area contributed by atoms with Gasteiger partial charge in [0.2, 0.25) is 0 Å². The molecule has 1 unspecified atom stereocenters. The molecule has 110 valence electrons. The van der Waals surface area contributed by atoms with Crippen molar-refractivity contribution in [1.82, 2.24) is 14.7 Å². The number of hydrogen-bond donors (Lipinski definition) is 0. The normalized spacial score (nSPS) is 23.3. The smallest absolute Gasteiger partial charge is 0.0982 e. The van der Waals surface area contributed by atoms with Gasteiger partial charge < -0.3 is 4.74 Å². The Morgan fingerprint density at radius 3 is 2.86 bits per heavy atom. The highest BCUT2D eigenvalue weighted by atomic mass is 16.5. The highest BCUT2D eigenvalue weighted by molar-refractivity contribution is 5.15. The number of aromatic nitrogens is 2. The van der Waals surface area contributed by atoms with Gasteiger partial charge in [-0.2, -0.15) is 5.10 Å². The highest BCUT2D eigenvalue weighted by Gasteiger charge is 2.27. The van der Waals surface area contributed by atoms with E-state index in [-0.39, 0.29) is 6.10 Å². The van der Waals surface area contributed by atoms with Crippen molar-refractivity contribution in [2.24, 2.45) is 0 Å². The number of benzene rings is 1. The highest BCUT2D eigenvalue weighted by Crippen LogP contribution is 2.35. The molecule has 1 aromatic carbocycles. The van der Waals surface area contributed by atoms with Gasteiger partial charge in [0.05, 0.1) is 24.9 Å². The van der Waals surface area contributed by atoms with Gasteiger partial charge in [0.25, 0.3) is 0 Å². The fourth-order valence-electron chi connectivity index (χ4n) is 2.95. The molecule has 1 aliphatic heterocycles. The van der Waals surface area contributed by atoms with E-state index in [1.54, 1.807) is 0 Å². The third kappa shape index (κ3) is 3.01. The van der Waals surface area contributed by atoms with Crippen molar-refractivity contribution in [3.63, 3.8) is 0 Å². The minimum atomic E-state index is 0.162. The minimum absolute atomic E-state index is 0.162. The Morgan fingerprint density at radius 2 is 2.05 bits per heavy atom. The first-order valence-electron chi connectivity index (χ1n) is 7.80. The number of hydrogen-bond acceptors (Lipinski definition) is 3. The van der Waals surface area contributed by atoms with Crippen LogP contribution in [0.5, 0.6) is 0 Å². The van der Waals surface area contributed by atoms with Crippen molar-refractivity contribution in [1.29, 1.82) is 0 Å². The number of rotatable bonds is 4. The average molecular weight is 283 g/mol. The first-order valence-corrected chi connectivity index (χ1v) is 7.80. The molecule has 2 aromatic rings. The Morgan fingerprint density at radius 1 is 1.19 bits per heavy atom. The van der Waals surface area contributed by atoms with Crippen LogP contribution in [0.2, 0.25) is 0 Å². The molecule has 21 heavy (non-hydrogen) atoms. The summed E-state index contributed by atoms with van der Waals surface area (Å²) in [5.74, 6) is 0. The first kappa shape index (κ1) is 13.0. The second-order valence-corrected chi connectivity index (χ2v) is 6.07. The molecule has 2 aliphatic rings. The van der Waals surface area contributed by atoms with Gasteiger partial charge in [0.15, 0.2) is 0 Å². The molecule has 0 spiro atoms. The van der Waals surface area contributed by atoms with E-state index in [1.807, 2.05) is 6.20 Å². The molecule has 2 fully saturated rings. The monoisotopic (exact) mass is 283 g/mol. The van der Waals surface area contributed by atoms with Crippen LogP contribution in [-0.2, 0) is 11.3 Å². The molecule has 0 amide bonds. The van der Waals surface area contributed by atoms with Crippen LogP contribution in [0, 0.1) is 0 Å². The van der Waals surface area contributed by atoms with Crippen molar-refractivity contribution >= 4 is 0 Å². The molecular formula is C17H21N3O. The summed E-state index contributed by atoms with van der Waals surface area (Å²) in [6, 6.07) is 11.3. The Labute approximate surface area is 125 Å². The maximum atomic E-state index is 5.95. The number of ether oxygens (including phenoxy) is 1. The Bertz CT molecular complexity index is 591. The van der Waals surface area contributed by atoms with Crippen LogP contribution < -0.4 is 0 Å². The van der Waals surface area contributed by atoms with Crippen molar-refractivity contribution in [3.8, 4) is 0 Å². The SMILES string of the molecule is c1ccc(CN2CCOC(c3cnn(C4CC4)c3)C2)cc1. The Balaban J connectivity index is 1.42. The molecule has 0 radical (unpaired) electrons. The lowest BCUT2D eigenvalue weighted by Crippen LogP contribution is -2.37. The molecule has 2 heterocycles. The lowest BCUT2D eigenvalue weighted by molar-refractivity contribution is -0.0329. The molecule has 0 bridgehead atoms. The molecule has 1 saturated heterocycles. The largest absolute Gasteiger partial charge is 0.371 e. The van der Waals surface area contributed by atoms with Crippen LogP contribution >= 0.6 is 0 Å². The molecule has 4 heteroatoms. The summed E-state index contributed by atoms with van der Waals surface area (Å²) in [6.45, 7) is 3.75. The van der Waals surface area contributed by atoms with Crippen molar-refractivity contribution in [3.05, 3.63) is 53.9 Å². The van der Waals surface area contributed by atoms with Gasteiger partial charge in [-0.3, -0.25) is 9.58 Å². The molecule has 0 N–H and O–H groups in total. The van der Waals surface area contributed by atoms with Gasteiger partial charge in [-0.15, -0.1) is 0 Å². The second kappa shape index (κ2) is 5.62. The number of morpholine rings is 1. The lowest BCUT2D eigenvalue weighted by atomic mass is 10.1. The van der Waals surface area contributed by atoms with Crippen LogP contribution in [0.1, 0.15) is 36.1 Å². The van der Waals surface area contributed by atoms with Crippen LogP contribution in [-0.4, -0.2) is 34.4 Å². The maximum Gasteiger partial charge on any atom is 0.0982 e. The van der Waals surface area contributed by atoms with E-state index >= 15 is 0 Å². The summed E-state index contributed by atoms with van der Waals surface area (Å²) < 4.78 is 8.06. The van der Waals surface area contributed by atoms with Gasteiger partial charge in [-0.25, -0.2) is 0 Å². The summed E-state index contributed by atoms with van der Waals surface area (Å²) in [6.07, 6.45) is 6.86. The lowest BCUT2D eigenvalue weighted by Gasteiger charge is -2.32. The van der Waals surface area contributed by atoms with E-state index in [0.29, 0.717) is 6.04 Å². The van der Waals surface area contributed by atoms with E-state index in [1.165, 1.54) is 24.0 Å². The topological polar surface area (TPSA) is 30.3 Å². The summed E-state index contributed by atoms with van der Waals surface area (Å²) >= 11 is 0. The zero-order valence-electron chi connectivity index (χ0n) is 12.2. The molecule has 4 rings (SSSR count). The standard InChI is InChI=1S/C17H21N3O/c1-2-4-14(5-3-1)11-19-8-9-21-17(13-19)15-10-18-20(12-15)16-6-7-16/h1-5,10,12,16-17H,6-9,11,13H2. The van der Waals surface area contributed by atoms with Gasteiger partial charge >= 0.3 is 0 Å². The summed E-state index contributed by atoms with van der Waals surface area (Å²) in [7, 11) is 0. The van der Waals surface area contributed by atoms with Crippen molar-refractivity contribution in [2.45, 2.75) is 31.5 Å². The third-order valence-corrected chi connectivity index (χ3v) is 4.31. The van der Waals surface area contributed by atoms with E-state index in [0.717, 1.165) is 26.2 Å². The minimum Gasteiger partial charge on any atom is -0.371 e. The van der Waals surface area contributed by atoms with Crippen molar-refractivity contribution < 1.29 is 4.74 Å². The van der Waals surface area contributed by atoms with Gasteiger partial charge in [-0.05, 0) is 18.4 Å². The quantitative estimate of drug-likeness (QED) is 0.864. The fourth-order valence-corrected chi connectivity index (χ4v) is 2.95. The van der Waals surface area contributed by atoms with E-state index < -0.39 is 0 Å². The zero-order valence-corrected chi connectivity index (χ0v) is 12.2. The van der Waals surface area contributed by atoms with E-state index in [9.17, 15) is 0 Å². The van der Waals surface area contributed by atoms with Crippen LogP contribution in [0.3, 0.4) is 0 Å². The van der Waals surface area contributed by atoms with Crippen molar-refractivity contribution in [2.75, 3.05) is 19.7 Å². The summed E-state index contributed by atoms with van der Waals surface area (Å²) in [4.78, 5) is 2.47. The fraction of sp³-hybridized carbons (Fsp3) is 0.471. The van der Waals surface area contributed by atoms with Gasteiger partial charge in [0.1, 0.15) is 0 Å². The first-order chi connectivity index (χ1) is 10.4. The molecule has 4 nitrogen and oxygen atoms in total. The maximum absolute atomic E-state index is 5.95. The van der Waals surface area contributed by atoms with E-state index in [4.69, 9.17) is 4.74 Å². The molecule has 1 aromatic heterocycles. The van der Waals surface area contributed by atoms with Crippen LogP contribution in [0.25, 0.3) is 0 Å². The second-order valence-electron chi connectivity index (χ2n) is 6.07. The molecule has 1 atom stereocenters.